The predicted molar refractivity (Wildman–Crippen MR) is 218 cm³/mol. The first-order chi connectivity index (χ1) is 27.1. The van der Waals surface area contributed by atoms with Gasteiger partial charge in [0.2, 0.25) is 12.0 Å². The number of hydrogen-bond donors (Lipinski definition) is 1. The molecular formula is C41H40ClFN6O5S2. The molecule has 3 aromatic heterocycles. The molecule has 1 atom stereocenters. The summed E-state index contributed by atoms with van der Waals surface area (Å²) in [5.41, 5.74) is 3.45. The molecule has 0 radical (unpaired) electrons. The van der Waals surface area contributed by atoms with Crippen molar-refractivity contribution in [3.05, 3.63) is 107 Å². The minimum Gasteiger partial charge on any atom is -0.491 e. The molecular weight excluding hydrogens is 775 g/mol. The number of thioether (sulfide) groups is 1. The van der Waals surface area contributed by atoms with E-state index in [1.54, 1.807) is 36.5 Å². The molecule has 1 saturated heterocycles. The summed E-state index contributed by atoms with van der Waals surface area (Å²) in [5, 5.41) is 12.1. The predicted octanol–water partition coefficient (Wildman–Crippen LogP) is 7.92. The van der Waals surface area contributed by atoms with Gasteiger partial charge in [0.05, 0.1) is 16.1 Å². The molecule has 0 bridgehead atoms. The van der Waals surface area contributed by atoms with Gasteiger partial charge in [-0.2, -0.15) is 4.98 Å². The molecule has 1 fully saturated rings. The van der Waals surface area contributed by atoms with Gasteiger partial charge in [0.25, 0.3) is 0 Å². The summed E-state index contributed by atoms with van der Waals surface area (Å²) in [5.74, 6) is -0.0640. The number of hydrogen-bond acceptors (Lipinski definition) is 12. The maximum atomic E-state index is 13.8. The van der Waals surface area contributed by atoms with Crippen LogP contribution in [0, 0.1) is 12.7 Å². The van der Waals surface area contributed by atoms with E-state index < -0.39 is 12.1 Å². The Balaban J connectivity index is 1.18. The molecule has 0 unspecified atom stereocenters. The van der Waals surface area contributed by atoms with Gasteiger partial charge >= 0.3 is 5.97 Å². The number of likely N-dealkylation sites (N-methyl/N-ethyl adjacent to an activating group) is 1. The lowest BCUT2D eigenvalue weighted by Gasteiger charge is -2.32. The third-order valence-electron chi connectivity index (χ3n) is 9.50. The van der Waals surface area contributed by atoms with Crippen molar-refractivity contribution in [3.63, 3.8) is 0 Å². The van der Waals surface area contributed by atoms with Gasteiger partial charge in [0.1, 0.15) is 35.4 Å². The van der Waals surface area contributed by atoms with Crippen molar-refractivity contribution in [2.45, 2.75) is 31.2 Å². The van der Waals surface area contributed by atoms with E-state index in [1.165, 1.54) is 35.2 Å². The molecule has 290 valence electrons. The fraction of sp³-hybridized carbons (Fsp3) is 0.293. The van der Waals surface area contributed by atoms with Crippen LogP contribution < -0.4 is 14.2 Å². The quantitative estimate of drug-likeness (QED) is 0.0801. The summed E-state index contributed by atoms with van der Waals surface area (Å²) in [4.78, 5) is 37.3. The fourth-order valence-electron chi connectivity index (χ4n) is 6.27. The van der Waals surface area contributed by atoms with Crippen molar-refractivity contribution in [2.24, 2.45) is 0 Å². The van der Waals surface area contributed by atoms with Crippen LogP contribution in [-0.4, -0.2) is 99.5 Å². The van der Waals surface area contributed by atoms with Crippen molar-refractivity contribution in [3.8, 4) is 39.2 Å². The van der Waals surface area contributed by atoms with Gasteiger partial charge in [-0.25, -0.2) is 24.1 Å². The summed E-state index contributed by atoms with van der Waals surface area (Å²) in [6.07, 6.45) is 2.21. The van der Waals surface area contributed by atoms with Gasteiger partial charge in [-0.15, -0.1) is 11.3 Å². The van der Waals surface area contributed by atoms with E-state index in [-0.39, 0.29) is 24.7 Å². The van der Waals surface area contributed by atoms with Gasteiger partial charge in [-0.1, -0.05) is 53.7 Å². The number of fused-ring (bicyclic) bond motifs is 1. The third kappa shape index (κ3) is 9.39. The number of carboxylic acid groups (broad SMARTS) is 1. The summed E-state index contributed by atoms with van der Waals surface area (Å²) in [6.45, 7) is 7.37. The minimum atomic E-state index is -1.34. The minimum absolute atomic E-state index is 0.0217. The highest BCUT2D eigenvalue weighted by Crippen LogP contribution is 2.40. The number of ether oxygens (including phenoxy) is 3. The van der Waals surface area contributed by atoms with Crippen LogP contribution in [0.5, 0.6) is 17.4 Å². The van der Waals surface area contributed by atoms with Crippen LogP contribution in [0.3, 0.4) is 0 Å². The van der Waals surface area contributed by atoms with Crippen molar-refractivity contribution < 1.29 is 28.5 Å². The van der Waals surface area contributed by atoms with E-state index in [9.17, 15) is 14.3 Å². The van der Waals surface area contributed by atoms with Crippen molar-refractivity contribution >= 4 is 50.9 Å². The maximum Gasteiger partial charge on any atom is 0.345 e. The first-order valence-corrected chi connectivity index (χ1v) is 20.4. The number of aliphatic carboxylic acids is 1. The smallest absolute Gasteiger partial charge is 0.345 e. The Morgan fingerprint density at radius 1 is 1.00 bits per heavy atom. The number of piperazine rings is 1. The topological polar surface area (TPSA) is 123 Å². The molecule has 0 amide bonds. The van der Waals surface area contributed by atoms with E-state index in [0.29, 0.717) is 66.7 Å². The Labute approximate surface area is 337 Å². The molecule has 1 aliphatic heterocycles. The fourth-order valence-corrected chi connectivity index (χ4v) is 7.89. The van der Waals surface area contributed by atoms with Gasteiger partial charge < -0.3 is 24.2 Å². The largest absolute Gasteiger partial charge is 0.491 e. The van der Waals surface area contributed by atoms with E-state index in [1.807, 2.05) is 43.5 Å². The number of halogens is 2. The summed E-state index contributed by atoms with van der Waals surface area (Å²) >= 11 is 9.70. The zero-order chi connectivity index (χ0) is 39.2. The van der Waals surface area contributed by atoms with Crippen molar-refractivity contribution in [1.29, 1.82) is 0 Å². The number of thiophene rings is 1. The molecule has 7 rings (SSSR count). The Morgan fingerprint density at radius 2 is 1.79 bits per heavy atom. The SMILES string of the molecule is CSc1nccc(COc2ccccc2C[C@@H](Oc2nc(-c3ccc(OCCN4CCN(C)CC4)c(Cl)c3C)nc3sc(-c4ccc(F)cc4)cc23)C(=O)O)n1. The van der Waals surface area contributed by atoms with Crippen LogP contribution in [0.1, 0.15) is 16.8 Å². The Bertz CT molecular complexity index is 2320. The van der Waals surface area contributed by atoms with Crippen LogP contribution in [0.25, 0.3) is 32.0 Å². The molecule has 6 aromatic rings. The third-order valence-corrected chi connectivity index (χ3v) is 11.6. The molecule has 0 spiro atoms. The molecule has 1 aliphatic rings. The van der Waals surface area contributed by atoms with Crippen LogP contribution in [0.2, 0.25) is 5.02 Å². The standard InChI is InChI=1S/C41H40ClFN6O5S2/c1-25-30(12-13-33(36(25)42)52-21-20-49-18-16-48(2)17-19-49)37-46-38(31-23-35(56-39(31)47-37)26-8-10-28(43)11-9-26)54-34(40(50)51)22-27-6-4-5-7-32(27)53-24-29-14-15-44-41(45-29)55-3/h4-15,23,34H,16-22,24H2,1-3H3,(H,50,51)/t34-/m1/s1. The first-order valence-electron chi connectivity index (χ1n) is 18.0. The zero-order valence-corrected chi connectivity index (χ0v) is 33.5. The van der Waals surface area contributed by atoms with Gasteiger partial charge in [0.15, 0.2) is 11.0 Å². The monoisotopic (exact) mass is 814 g/mol. The molecule has 11 nitrogen and oxygen atoms in total. The van der Waals surface area contributed by atoms with E-state index in [4.69, 9.17) is 35.8 Å². The van der Waals surface area contributed by atoms with E-state index >= 15 is 0 Å². The summed E-state index contributed by atoms with van der Waals surface area (Å²) < 4.78 is 32.4. The highest BCUT2D eigenvalue weighted by Gasteiger charge is 2.26. The molecule has 15 heteroatoms. The molecule has 1 N–H and O–H groups in total. The normalized spacial score (nSPS) is 14.2. The molecule has 4 heterocycles. The molecule has 0 aliphatic carbocycles. The lowest BCUT2D eigenvalue weighted by atomic mass is 10.1. The number of carbonyl (C=O) groups is 1. The van der Waals surface area contributed by atoms with Crippen LogP contribution in [-0.2, 0) is 17.8 Å². The van der Waals surface area contributed by atoms with E-state index in [0.717, 1.165) is 43.2 Å². The van der Waals surface area contributed by atoms with Crippen LogP contribution in [0.4, 0.5) is 4.39 Å². The Morgan fingerprint density at radius 3 is 2.55 bits per heavy atom. The second-order valence-corrected chi connectivity index (χ2v) is 15.5. The highest BCUT2D eigenvalue weighted by molar-refractivity contribution is 7.98. The Kier molecular flexibility index (Phi) is 12.6. The highest BCUT2D eigenvalue weighted by atomic mass is 35.5. The average Bonchev–Trinajstić information content (AvgIpc) is 3.64. The molecule has 0 saturated carbocycles. The average molecular weight is 815 g/mol. The summed E-state index contributed by atoms with van der Waals surface area (Å²) in [7, 11) is 2.13. The number of benzene rings is 3. The number of aromatic nitrogens is 4. The van der Waals surface area contributed by atoms with Crippen molar-refractivity contribution in [1.82, 2.24) is 29.7 Å². The van der Waals surface area contributed by atoms with Gasteiger partial charge in [-0.05, 0) is 79.4 Å². The zero-order valence-electron chi connectivity index (χ0n) is 31.1. The second-order valence-electron chi connectivity index (χ2n) is 13.3. The number of carboxylic acids is 1. The molecule has 3 aromatic carbocycles. The summed E-state index contributed by atoms with van der Waals surface area (Å²) in [6, 6.07) is 20.6. The first kappa shape index (κ1) is 39.4. The number of para-hydroxylation sites is 1. The van der Waals surface area contributed by atoms with Crippen LogP contribution >= 0.6 is 34.7 Å². The molecule has 56 heavy (non-hydrogen) atoms. The van der Waals surface area contributed by atoms with Crippen LogP contribution in [0.15, 0.2) is 84.1 Å². The lowest BCUT2D eigenvalue weighted by Crippen LogP contribution is -2.45. The van der Waals surface area contributed by atoms with E-state index in [2.05, 4.69) is 26.8 Å². The lowest BCUT2D eigenvalue weighted by molar-refractivity contribution is -0.145. The second kappa shape index (κ2) is 17.9. The number of rotatable bonds is 15. The Hall–Kier alpha value is -4.86. The number of nitrogens with zero attached hydrogens (tertiary/aromatic N) is 6. The van der Waals surface area contributed by atoms with Gasteiger partial charge in [0, 0.05) is 55.8 Å². The van der Waals surface area contributed by atoms with Crippen molar-refractivity contribution in [2.75, 3.05) is 52.6 Å². The van der Waals surface area contributed by atoms with Gasteiger partial charge in [-0.3, -0.25) is 4.90 Å². The maximum absolute atomic E-state index is 13.8.